The van der Waals surface area contributed by atoms with E-state index in [0.717, 1.165) is 46.7 Å². The van der Waals surface area contributed by atoms with Gasteiger partial charge in [-0.25, -0.2) is 0 Å². The van der Waals surface area contributed by atoms with Gasteiger partial charge < -0.3 is 14.4 Å². The third-order valence-corrected chi connectivity index (χ3v) is 6.45. The summed E-state index contributed by atoms with van der Waals surface area (Å²) < 4.78 is 6.10. The molecule has 3 aromatic heterocycles. The van der Waals surface area contributed by atoms with E-state index < -0.39 is 0 Å². The second-order valence-corrected chi connectivity index (χ2v) is 8.95. The molecule has 1 radical (unpaired) electrons. The number of aryl methyl sites for hydroxylation is 5. The normalized spacial score (nSPS) is 12.3. The standard InChI is InChI=1S/C17H14NO.C14H14N.Ir/c1-2-10-16-12(6-1)13-7-5-8-14(17(13)19-16)15-9-3-4-11-18-15;1-10-4-6-13(7-5-10)14-8-11(2)12(3)9-15-14;/h3-5,7,9,11H,1-2,6,10H2;4-6,8-9H,1-3H3;/q2*-1;. The molecule has 0 atom stereocenters. The van der Waals surface area contributed by atoms with Gasteiger partial charge in [-0.05, 0) is 61.7 Å². The molecule has 0 fully saturated rings. The molecule has 2 aromatic carbocycles. The molecule has 179 valence electrons. The number of aromatic nitrogens is 2. The third kappa shape index (κ3) is 5.45. The van der Waals surface area contributed by atoms with Gasteiger partial charge in [0, 0.05) is 38.9 Å². The van der Waals surface area contributed by atoms with Gasteiger partial charge in [0.1, 0.15) is 0 Å². The van der Waals surface area contributed by atoms with E-state index >= 15 is 0 Å². The monoisotopic (exact) mass is 637 g/mol. The summed E-state index contributed by atoms with van der Waals surface area (Å²) in [6, 6.07) is 24.8. The molecular formula is C31H28IrN2O-2. The number of furan rings is 1. The van der Waals surface area contributed by atoms with Gasteiger partial charge >= 0.3 is 0 Å². The van der Waals surface area contributed by atoms with Crippen molar-refractivity contribution in [3.05, 3.63) is 107 Å². The maximum atomic E-state index is 6.10. The van der Waals surface area contributed by atoms with Gasteiger partial charge in [0.05, 0.1) is 11.3 Å². The summed E-state index contributed by atoms with van der Waals surface area (Å²) in [5.74, 6) is 1.16. The Bertz CT molecular complexity index is 1420. The van der Waals surface area contributed by atoms with Gasteiger partial charge in [0.25, 0.3) is 0 Å². The van der Waals surface area contributed by atoms with E-state index in [0.29, 0.717) is 0 Å². The number of nitrogens with zero attached hydrogens (tertiary/aromatic N) is 2. The predicted octanol–water partition coefficient (Wildman–Crippen LogP) is 7.65. The first-order chi connectivity index (χ1) is 16.6. The first-order valence-electron chi connectivity index (χ1n) is 11.9. The maximum Gasteiger partial charge on any atom is 0.0930 e. The van der Waals surface area contributed by atoms with Crippen molar-refractivity contribution in [3.63, 3.8) is 0 Å². The Hall–Kier alpha value is -3.07. The molecule has 0 spiro atoms. The maximum absolute atomic E-state index is 6.10. The Morgan fingerprint density at radius 1 is 0.857 bits per heavy atom. The Balaban J connectivity index is 0.000000165. The van der Waals surface area contributed by atoms with Crippen LogP contribution in [0.1, 0.15) is 40.9 Å². The average molecular weight is 637 g/mol. The molecule has 1 aliphatic carbocycles. The van der Waals surface area contributed by atoms with Crippen LogP contribution in [0.3, 0.4) is 0 Å². The first kappa shape index (κ1) is 25.0. The Labute approximate surface area is 221 Å². The van der Waals surface area contributed by atoms with Gasteiger partial charge in [-0.3, -0.25) is 0 Å². The molecule has 0 saturated carbocycles. The molecule has 5 aromatic rings. The van der Waals surface area contributed by atoms with Gasteiger partial charge in [0.2, 0.25) is 0 Å². The first-order valence-corrected chi connectivity index (χ1v) is 11.9. The number of hydrogen-bond donors (Lipinski definition) is 0. The molecule has 0 amide bonds. The van der Waals surface area contributed by atoms with Crippen LogP contribution in [0.15, 0.2) is 71.4 Å². The number of hydrogen-bond acceptors (Lipinski definition) is 3. The van der Waals surface area contributed by atoms with Gasteiger partial charge in [-0.15, -0.1) is 53.6 Å². The minimum atomic E-state index is 0. The number of pyridine rings is 2. The molecular weight excluding hydrogens is 609 g/mol. The SMILES string of the molecule is Cc1c[c-]c(-c2cc(C)c(C)cn2)cc1.[Ir].[c-]1ccc2c3c(oc2c1-c1ccccn1)CCCC3. The minimum Gasteiger partial charge on any atom is -0.505 e. The average Bonchev–Trinajstić information content (AvgIpc) is 3.26. The van der Waals surface area contributed by atoms with Gasteiger partial charge in [0.15, 0.2) is 0 Å². The minimum absolute atomic E-state index is 0. The van der Waals surface area contributed by atoms with E-state index in [-0.39, 0.29) is 20.1 Å². The zero-order valence-electron chi connectivity index (χ0n) is 20.3. The quantitative estimate of drug-likeness (QED) is 0.187. The smallest absolute Gasteiger partial charge is 0.0930 e. The van der Waals surface area contributed by atoms with Crippen LogP contribution in [0.4, 0.5) is 0 Å². The molecule has 0 N–H and O–H groups in total. The summed E-state index contributed by atoms with van der Waals surface area (Å²) in [6.45, 7) is 6.24. The second-order valence-electron chi connectivity index (χ2n) is 8.95. The Morgan fingerprint density at radius 3 is 2.46 bits per heavy atom. The van der Waals surface area contributed by atoms with Crippen LogP contribution in [0.2, 0.25) is 0 Å². The van der Waals surface area contributed by atoms with Crippen LogP contribution in [-0.4, -0.2) is 9.97 Å². The van der Waals surface area contributed by atoms with Crippen molar-refractivity contribution in [1.29, 1.82) is 0 Å². The summed E-state index contributed by atoms with van der Waals surface area (Å²) in [4.78, 5) is 8.82. The molecule has 0 bridgehead atoms. The van der Waals surface area contributed by atoms with E-state index in [4.69, 9.17) is 4.42 Å². The van der Waals surface area contributed by atoms with E-state index in [9.17, 15) is 0 Å². The molecule has 0 aliphatic heterocycles. The van der Waals surface area contributed by atoms with Crippen LogP contribution >= 0.6 is 0 Å². The number of fused-ring (bicyclic) bond motifs is 3. The zero-order valence-corrected chi connectivity index (χ0v) is 22.7. The fraction of sp³-hybridized carbons (Fsp3) is 0.226. The van der Waals surface area contributed by atoms with Crippen molar-refractivity contribution in [2.24, 2.45) is 0 Å². The van der Waals surface area contributed by atoms with Crippen LogP contribution in [-0.2, 0) is 32.9 Å². The largest absolute Gasteiger partial charge is 0.505 e. The van der Waals surface area contributed by atoms with Crippen molar-refractivity contribution >= 4 is 11.0 Å². The predicted molar refractivity (Wildman–Crippen MR) is 138 cm³/mol. The molecule has 0 unspecified atom stereocenters. The van der Waals surface area contributed by atoms with E-state index in [1.807, 2.05) is 42.7 Å². The van der Waals surface area contributed by atoms with E-state index in [1.54, 1.807) is 0 Å². The summed E-state index contributed by atoms with van der Waals surface area (Å²) in [7, 11) is 0. The molecule has 1 aliphatic rings. The zero-order chi connectivity index (χ0) is 23.5. The van der Waals surface area contributed by atoms with E-state index in [2.05, 4.69) is 67.1 Å². The fourth-order valence-corrected chi connectivity index (χ4v) is 4.36. The van der Waals surface area contributed by atoms with Crippen LogP contribution in [0.25, 0.3) is 33.5 Å². The Morgan fingerprint density at radius 2 is 1.71 bits per heavy atom. The summed E-state index contributed by atoms with van der Waals surface area (Å²) in [5, 5.41) is 1.24. The van der Waals surface area contributed by atoms with Crippen molar-refractivity contribution in [3.8, 4) is 22.5 Å². The molecule has 3 nitrogen and oxygen atoms in total. The number of benzene rings is 2. The van der Waals surface area contributed by atoms with Crippen LogP contribution in [0.5, 0.6) is 0 Å². The van der Waals surface area contributed by atoms with Crippen LogP contribution < -0.4 is 0 Å². The molecule has 6 rings (SSSR count). The molecule has 0 saturated heterocycles. The third-order valence-electron chi connectivity index (χ3n) is 6.45. The molecule has 4 heteroatoms. The second kappa shape index (κ2) is 11.1. The van der Waals surface area contributed by atoms with E-state index in [1.165, 1.54) is 40.5 Å². The molecule has 3 heterocycles. The summed E-state index contributed by atoms with van der Waals surface area (Å²) in [6.07, 6.45) is 8.41. The summed E-state index contributed by atoms with van der Waals surface area (Å²) in [5.41, 5.74) is 10.0. The Kier molecular flexibility index (Phi) is 7.95. The summed E-state index contributed by atoms with van der Waals surface area (Å²) >= 11 is 0. The van der Waals surface area contributed by atoms with Crippen molar-refractivity contribution in [1.82, 2.24) is 9.97 Å². The van der Waals surface area contributed by atoms with Crippen molar-refractivity contribution in [2.75, 3.05) is 0 Å². The van der Waals surface area contributed by atoms with Gasteiger partial charge in [-0.1, -0.05) is 41.6 Å². The molecule has 35 heavy (non-hydrogen) atoms. The van der Waals surface area contributed by atoms with Crippen LogP contribution in [0, 0.1) is 32.9 Å². The van der Waals surface area contributed by atoms with Crippen molar-refractivity contribution < 1.29 is 24.5 Å². The van der Waals surface area contributed by atoms with Crippen molar-refractivity contribution in [2.45, 2.75) is 46.5 Å². The number of rotatable bonds is 2. The fourth-order valence-electron chi connectivity index (χ4n) is 4.36. The topological polar surface area (TPSA) is 38.9 Å². The van der Waals surface area contributed by atoms with Gasteiger partial charge in [-0.2, -0.15) is 0 Å².